The van der Waals surface area contributed by atoms with Crippen molar-refractivity contribution in [2.75, 3.05) is 6.61 Å². The molecule has 0 aliphatic carbocycles. The maximum atomic E-state index is 11.4. The lowest BCUT2D eigenvalue weighted by Gasteiger charge is -2.11. The van der Waals surface area contributed by atoms with E-state index in [2.05, 4.69) is 0 Å². The molecule has 0 radical (unpaired) electrons. The van der Waals surface area contributed by atoms with Gasteiger partial charge in [-0.25, -0.2) is 0 Å². The smallest absolute Gasteiger partial charge is 0.312 e. The SMILES string of the molecule is CCOc1ccc(CC(C(=O)O)c2ccc(Cl)s2)cc1. The zero-order chi connectivity index (χ0) is 14.5. The highest BCUT2D eigenvalue weighted by atomic mass is 35.5. The molecule has 3 nitrogen and oxygen atoms in total. The summed E-state index contributed by atoms with van der Waals surface area (Å²) < 4.78 is 5.98. The van der Waals surface area contributed by atoms with Gasteiger partial charge in [-0.2, -0.15) is 0 Å². The number of hydrogen-bond acceptors (Lipinski definition) is 3. The van der Waals surface area contributed by atoms with Crippen LogP contribution < -0.4 is 4.74 Å². The first kappa shape index (κ1) is 14.9. The molecule has 0 amide bonds. The van der Waals surface area contributed by atoms with Crippen molar-refractivity contribution in [1.82, 2.24) is 0 Å². The van der Waals surface area contributed by atoms with E-state index in [0.29, 0.717) is 17.4 Å². The van der Waals surface area contributed by atoms with Gasteiger partial charge in [0.15, 0.2) is 0 Å². The standard InChI is InChI=1S/C15H15ClO3S/c1-2-19-11-5-3-10(4-6-11)9-12(15(17)18)13-7-8-14(16)20-13/h3-8,12H,2,9H2,1H3,(H,17,18). The summed E-state index contributed by atoms with van der Waals surface area (Å²) in [7, 11) is 0. The number of carboxylic acid groups (broad SMARTS) is 1. The number of aliphatic carboxylic acids is 1. The van der Waals surface area contributed by atoms with Crippen molar-refractivity contribution in [1.29, 1.82) is 0 Å². The van der Waals surface area contributed by atoms with Gasteiger partial charge in [0.05, 0.1) is 16.9 Å². The Labute approximate surface area is 126 Å². The first-order valence-corrected chi connectivity index (χ1v) is 7.49. The summed E-state index contributed by atoms with van der Waals surface area (Å²) in [5.41, 5.74) is 0.963. The van der Waals surface area contributed by atoms with Gasteiger partial charge in [-0.3, -0.25) is 4.79 Å². The number of carbonyl (C=O) groups is 1. The summed E-state index contributed by atoms with van der Waals surface area (Å²) in [5, 5.41) is 9.37. The average Bonchev–Trinajstić information content (AvgIpc) is 2.84. The van der Waals surface area contributed by atoms with Gasteiger partial charge in [-0.05, 0) is 43.2 Å². The fourth-order valence-electron chi connectivity index (χ4n) is 1.95. The van der Waals surface area contributed by atoms with Crippen molar-refractivity contribution < 1.29 is 14.6 Å². The molecule has 0 bridgehead atoms. The fraction of sp³-hybridized carbons (Fsp3) is 0.267. The molecule has 0 spiro atoms. The Kier molecular flexibility index (Phi) is 5.04. The third-order valence-corrected chi connectivity index (χ3v) is 4.25. The molecule has 1 aromatic carbocycles. The van der Waals surface area contributed by atoms with Crippen LogP contribution in [0, 0.1) is 0 Å². The molecule has 1 atom stereocenters. The summed E-state index contributed by atoms with van der Waals surface area (Å²) in [6.07, 6.45) is 0.443. The minimum atomic E-state index is -0.836. The van der Waals surface area contributed by atoms with E-state index in [0.717, 1.165) is 16.2 Å². The highest BCUT2D eigenvalue weighted by Crippen LogP contribution is 2.31. The van der Waals surface area contributed by atoms with Crippen LogP contribution in [0.4, 0.5) is 0 Å². The molecular formula is C15H15ClO3S. The lowest BCUT2D eigenvalue weighted by atomic mass is 9.98. The Bertz CT molecular complexity index is 577. The zero-order valence-corrected chi connectivity index (χ0v) is 12.6. The second-order valence-electron chi connectivity index (χ2n) is 4.31. The molecule has 2 aromatic rings. The maximum Gasteiger partial charge on any atom is 0.312 e. The summed E-state index contributed by atoms with van der Waals surface area (Å²) in [6.45, 7) is 2.54. The topological polar surface area (TPSA) is 46.5 Å². The second-order valence-corrected chi connectivity index (χ2v) is 6.06. The van der Waals surface area contributed by atoms with E-state index >= 15 is 0 Å². The molecule has 1 aromatic heterocycles. The van der Waals surface area contributed by atoms with E-state index in [9.17, 15) is 9.90 Å². The van der Waals surface area contributed by atoms with E-state index in [-0.39, 0.29) is 0 Å². The number of ether oxygens (including phenoxy) is 1. The zero-order valence-electron chi connectivity index (χ0n) is 11.0. The van der Waals surface area contributed by atoms with Gasteiger partial charge in [0.2, 0.25) is 0 Å². The Hall–Kier alpha value is -1.52. The number of rotatable bonds is 6. The van der Waals surface area contributed by atoms with Crippen molar-refractivity contribution in [3.63, 3.8) is 0 Å². The minimum absolute atomic E-state index is 0.443. The van der Waals surface area contributed by atoms with Crippen LogP contribution in [0.2, 0.25) is 4.34 Å². The van der Waals surface area contributed by atoms with Crippen molar-refractivity contribution in [3.8, 4) is 5.75 Å². The van der Waals surface area contributed by atoms with Crippen LogP contribution in [0.3, 0.4) is 0 Å². The number of thiophene rings is 1. The van der Waals surface area contributed by atoms with Gasteiger partial charge in [-0.1, -0.05) is 23.7 Å². The largest absolute Gasteiger partial charge is 0.494 e. The molecule has 0 saturated carbocycles. The van der Waals surface area contributed by atoms with Gasteiger partial charge >= 0.3 is 5.97 Å². The van der Waals surface area contributed by atoms with Crippen molar-refractivity contribution >= 4 is 28.9 Å². The normalized spacial score (nSPS) is 12.1. The average molecular weight is 311 g/mol. The summed E-state index contributed by atoms with van der Waals surface area (Å²) in [4.78, 5) is 12.2. The molecule has 106 valence electrons. The Morgan fingerprint density at radius 3 is 2.50 bits per heavy atom. The molecule has 0 fully saturated rings. The van der Waals surface area contributed by atoms with Crippen LogP contribution >= 0.6 is 22.9 Å². The van der Waals surface area contributed by atoms with Crippen LogP contribution in [-0.4, -0.2) is 17.7 Å². The van der Waals surface area contributed by atoms with Crippen LogP contribution in [0.25, 0.3) is 0 Å². The number of carboxylic acids is 1. The summed E-state index contributed by atoms with van der Waals surface area (Å²) in [6, 6.07) is 11.0. The minimum Gasteiger partial charge on any atom is -0.494 e. The highest BCUT2D eigenvalue weighted by molar-refractivity contribution is 7.16. The quantitative estimate of drug-likeness (QED) is 0.869. The maximum absolute atomic E-state index is 11.4. The van der Waals surface area contributed by atoms with Crippen molar-refractivity contribution in [3.05, 3.63) is 51.2 Å². The second kappa shape index (κ2) is 6.77. The van der Waals surface area contributed by atoms with Crippen LogP contribution in [0.1, 0.15) is 23.3 Å². The van der Waals surface area contributed by atoms with E-state index in [4.69, 9.17) is 16.3 Å². The first-order valence-electron chi connectivity index (χ1n) is 6.30. The summed E-state index contributed by atoms with van der Waals surface area (Å²) >= 11 is 7.19. The molecule has 1 N–H and O–H groups in total. The van der Waals surface area contributed by atoms with Gasteiger partial charge in [0.1, 0.15) is 5.75 Å². The Morgan fingerprint density at radius 2 is 2.00 bits per heavy atom. The first-order chi connectivity index (χ1) is 9.60. The molecule has 0 saturated heterocycles. The van der Waals surface area contributed by atoms with Gasteiger partial charge < -0.3 is 9.84 Å². The third-order valence-electron chi connectivity index (χ3n) is 2.91. The molecule has 1 heterocycles. The number of halogens is 1. The molecule has 0 aliphatic heterocycles. The molecule has 1 unspecified atom stereocenters. The number of benzene rings is 1. The van der Waals surface area contributed by atoms with Gasteiger partial charge in [-0.15, -0.1) is 11.3 Å². The van der Waals surface area contributed by atoms with Crippen molar-refractivity contribution in [2.45, 2.75) is 19.3 Å². The third kappa shape index (κ3) is 3.74. The Morgan fingerprint density at radius 1 is 1.30 bits per heavy atom. The molecule has 2 rings (SSSR count). The lowest BCUT2D eigenvalue weighted by molar-refractivity contribution is -0.138. The van der Waals surface area contributed by atoms with Gasteiger partial charge in [0, 0.05) is 4.88 Å². The predicted octanol–water partition coefficient (Wildman–Crippen LogP) is 4.21. The predicted molar refractivity (Wildman–Crippen MR) is 81.0 cm³/mol. The highest BCUT2D eigenvalue weighted by Gasteiger charge is 2.22. The van der Waals surface area contributed by atoms with E-state index in [1.807, 2.05) is 31.2 Å². The number of hydrogen-bond donors (Lipinski definition) is 1. The lowest BCUT2D eigenvalue weighted by Crippen LogP contribution is -2.13. The molecule has 0 aliphatic rings. The molecular weight excluding hydrogens is 296 g/mol. The van der Waals surface area contributed by atoms with E-state index < -0.39 is 11.9 Å². The monoisotopic (exact) mass is 310 g/mol. The Balaban J connectivity index is 2.14. The van der Waals surface area contributed by atoms with E-state index in [1.165, 1.54) is 11.3 Å². The fourth-order valence-corrected chi connectivity index (χ4v) is 3.10. The van der Waals surface area contributed by atoms with E-state index in [1.54, 1.807) is 12.1 Å². The molecule has 5 heteroatoms. The van der Waals surface area contributed by atoms with Gasteiger partial charge in [0.25, 0.3) is 0 Å². The van der Waals surface area contributed by atoms with Crippen molar-refractivity contribution in [2.24, 2.45) is 0 Å². The molecule has 20 heavy (non-hydrogen) atoms. The van der Waals surface area contributed by atoms with Crippen LogP contribution in [-0.2, 0) is 11.2 Å². The summed E-state index contributed by atoms with van der Waals surface area (Å²) in [5.74, 6) is -0.606. The van der Waals surface area contributed by atoms with Crippen LogP contribution in [0.15, 0.2) is 36.4 Å². The van der Waals surface area contributed by atoms with Crippen LogP contribution in [0.5, 0.6) is 5.75 Å².